The normalized spacial score (nSPS) is 21.4. The third-order valence-electron chi connectivity index (χ3n) is 2.97. The summed E-state index contributed by atoms with van der Waals surface area (Å²) in [6.07, 6.45) is 4.66. The zero-order valence-corrected chi connectivity index (χ0v) is 10.8. The van der Waals surface area contributed by atoms with Crippen LogP contribution in [0.4, 0.5) is 0 Å². The molecular formula is C11H21BrO2. The van der Waals surface area contributed by atoms with E-state index in [0.717, 1.165) is 44.2 Å². The van der Waals surface area contributed by atoms with Crippen LogP contribution < -0.4 is 0 Å². The first-order chi connectivity index (χ1) is 6.76. The summed E-state index contributed by atoms with van der Waals surface area (Å²) in [6, 6.07) is 0. The summed E-state index contributed by atoms with van der Waals surface area (Å²) in [5, 5.41) is 0.930. The molecule has 84 valence electrons. The Morgan fingerprint density at radius 1 is 1.29 bits per heavy atom. The monoisotopic (exact) mass is 264 g/mol. The van der Waals surface area contributed by atoms with E-state index in [-0.39, 0.29) is 5.60 Å². The predicted octanol–water partition coefficient (Wildman–Crippen LogP) is 3.14. The minimum atomic E-state index is 0.0366. The molecule has 0 spiro atoms. The molecule has 0 radical (unpaired) electrons. The molecule has 1 rings (SSSR count). The predicted molar refractivity (Wildman–Crippen MR) is 62.0 cm³/mol. The molecule has 0 aromatic rings. The van der Waals surface area contributed by atoms with E-state index in [2.05, 4.69) is 29.8 Å². The molecule has 3 heteroatoms. The van der Waals surface area contributed by atoms with Gasteiger partial charge in [0.1, 0.15) is 0 Å². The van der Waals surface area contributed by atoms with Crippen molar-refractivity contribution in [2.45, 2.75) is 51.2 Å². The van der Waals surface area contributed by atoms with Crippen LogP contribution in [0.15, 0.2) is 0 Å². The van der Waals surface area contributed by atoms with Crippen molar-refractivity contribution in [2.75, 3.05) is 18.5 Å². The zero-order valence-electron chi connectivity index (χ0n) is 9.22. The van der Waals surface area contributed by atoms with Crippen LogP contribution in [0.2, 0.25) is 0 Å². The molecule has 1 aliphatic rings. The van der Waals surface area contributed by atoms with Gasteiger partial charge >= 0.3 is 0 Å². The van der Waals surface area contributed by atoms with Crippen molar-refractivity contribution >= 4 is 15.9 Å². The SMILES string of the molecule is CCC(CC)OC1(CBr)CCOCC1. The van der Waals surface area contributed by atoms with Crippen molar-refractivity contribution < 1.29 is 9.47 Å². The molecular weight excluding hydrogens is 244 g/mol. The molecule has 0 bridgehead atoms. The van der Waals surface area contributed by atoms with Crippen molar-refractivity contribution in [1.82, 2.24) is 0 Å². The molecule has 14 heavy (non-hydrogen) atoms. The van der Waals surface area contributed by atoms with Gasteiger partial charge in [-0.3, -0.25) is 0 Å². The number of hydrogen-bond acceptors (Lipinski definition) is 2. The summed E-state index contributed by atoms with van der Waals surface area (Å²) in [5.41, 5.74) is 0.0366. The first-order valence-electron chi connectivity index (χ1n) is 5.58. The first kappa shape index (κ1) is 12.5. The van der Waals surface area contributed by atoms with Gasteiger partial charge in [-0.05, 0) is 12.8 Å². The van der Waals surface area contributed by atoms with Gasteiger partial charge in [-0.1, -0.05) is 29.8 Å². The Morgan fingerprint density at radius 2 is 1.86 bits per heavy atom. The van der Waals surface area contributed by atoms with Crippen LogP contribution in [0.3, 0.4) is 0 Å². The summed E-state index contributed by atoms with van der Waals surface area (Å²) >= 11 is 3.57. The van der Waals surface area contributed by atoms with Gasteiger partial charge in [-0.25, -0.2) is 0 Å². The van der Waals surface area contributed by atoms with E-state index >= 15 is 0 Å². The van der Waals surface area contributed by atoms with Gasteiger partial charge in [-0.2, -0.15) is 0 Å². The molecule has 1 saturated heterocycles. The molecule has 0 N–H and O–H groups in total. The highest BCUT2D eigenvalue weighted by Gasteiger charge is 2.34. The molecule has 2 nitrogen and oxygen atoms in total. The minimum Gasteiger partial charge on any atom is -0.381 e. The van der Waals surface area contributed by atoms with E-state index < -0.39 is 0 Å². The van der Waals surface area contributed by atoms with Gasteiger partial charge < -0.3 is 9.47 Å². The smallest absolute Gasteiger partial charge is 0.0826 e. The zero-order chi connectivity index (χ0) is 10.4. The average Bonchev–Trinajstić information content (AvgIpc) is 2.27. The van der Waals surface area contributed by atoms with E-state index in [4.69, 9.17) is 9.47 Å². The number of ether oxygens (including phenoxy) is 2. The lowest BCUT2D eigenvalue weighted by molar-refractivity contribution is -0.130. The first-order valence-corrected chi connectivity index (χ1v) is 6.70. The van der Waals surface area contributed by atoms with Crippen LogP contribution in [-0.4, -0.2) is 30.2 Å². The van der Waals surface area contributed by atoms with E-state index in [1.807, 2.05) is 0 Å². The van der Waals surface area contributed by atoms with E-state index in [9.17, 15) is 0 Å². The van der Waals surface area contributed by atoms with Crippen molar-refractivity contribution in [1.29, 1.82) is 0 Å². The number of halogens is 1. The number of hydrogen-bond donors (Lipinski definition) is 0. The molecule has 0 atom stereocenters. The highest BCUT2D eigenvalue weighted by Crippen LogP contribution is 2.29. The lowest BCUT2D eigenvalue weighted by Gasteiger charge is -2.38. The molecule has 1 heterocycles. The Kier molecular flexibility index (Phi) is 5.42. The number of rotatable bonds is 5. The fraction of sp³-hybridized carbons (Fsp3) is 1.00. The second kappa shape index (κ2) is 6.09. The van der Waals surface area contributed by atoms with Gasteiger partial charge in [0, 0.05) is 31.4 Å². The fourth-order valence-corrected chi connectivity index (χ4v) is 2.53. The van der Waals surface area contributed by atoms with Gasteiger partial charge in [0.15, 0.2) is 0 Å². The van der Waals surface area contributed by atoms with Crippen LogP contribution in [-0.2, 0) is 9.47 Å². The maximum atomic E-state index is 6.20. The summed E-state index contributed by atoms with van der Waals surface area (Å²) in [6.45, 7) is 6.06. The number of alkyl halides is 1. The lowest BCUT2D eigenvalue weighted by Crippen LogP contribution is -2.43. The van der Waals surface area contributed by atoms with E-state index in [1.165, 1.54) is 0 Å². The van der Waals surface area contributed by atoms with Crippen molar-refractivity contribution in [3.05, 3.63) is 0 Å². The van der Waals surface area contributed by atoms with Crippen LogP contribution in [0.5, 0.6) is 0 Å². The van der Waals surface area contributed by atoms with Crippen LogP contribution in [0, 0.1) is 0 Å². The summed E-state index contributed by atoms with van der Waals surface area (Å²) in [5.74, 6) is 0. The molecule has 0 aromatic heterocycles. The second-order valence-corrected chi connectivity index (χ2v) is 4.55. The topological polar surface area (TPSA) is 18.5 Å². The van der Waals surface area contributed by atoms with Crippen molar-refractivity contribution in [2.24, 2.45) is 0 Å². The van der Waals surface area contributed by atoms with Crippen LogP contribution >= 0.6 is 15.9 Å². The lowest BCUT2D eigenvalue weighted by atomic mass is 9.96. The van der Waals surface area contributed by atoms with Crippen LogP contribution in [0.25, 0.3) is 0 Å². The fourth-order valence-electron chi connectivity index (χ4n) is 1.84. The highest BCUT2D eigenvalue weighted by atomic mass is 79.9. The van der Waals surface area contributed by atoms with Crippen LogP contribution in [0.1, 0.15) is 39.5 Å². The third kappa shape index (κ3) is 3.21. The average molecular weight is 265 g/mol. The Balaban J connectivity index is 2.50. The molecule has 0 aliphatic carbocycles. The summed E-state index contributed by atoms with van der Waals surface area (Å²) in [4.78, 5) is 0. The standard InChI is InChI=1S/C11H21BrO2/c1-3-10(4-2)14-11(9-12)5-7-13-8-6-11/h10H,3-9H2,1-2H3. The van der Waals surface area contributed by atoms with Gasteiger partial charge in [-0.15, -0.1) is 0 Å². The van der Waals surface area contributed by atoms with Gasteiger partial charge in [0.05, 0.1) is 11.7 Å². The van der Waals surface area contributed by atoms with E-state index in [0.29, 0.717) is 6.10 Å². The quantitative estimate of drug-likeness (QED) is 0.711. The summed E-state index contributed by atoms with van der Waals surface area (Å²) < 4.78 is 11.6. The molecule has 0 unspecified atom stereocenters. The highest BCUT2D eigenvalue weighted by molar-refractivity contribution is 9.09. The maximum absolute atomic E-state index is 6.20. The van der Waals surface area contributed by atoms with E-state index in [1.54, 1.807) is 0 Å². The Hall–Kier alpha value is 0.400. The minimum absolute atomic E-state index is 0.0366. The molecule has 1 aliphatic heterocycles. The molecule has 0 aromatic carbocycles. The van der Waals surface area contributed by atoms with Gasteiger partial charge in [0.25, 0.3) is 0 Å². The van der Waals surface area contributed by atoms with Crippen molar-refractivity contribution in [3.63, 3.8) is 0 Å². The second-order valence-electron chi connectivity index (χ2n) is 3.99. The Labute approximate surface area is 95.5 Å². The summed E-state index contributed by atoms with van der Waals surface area (Å²) in [7, 11) is 0. The Bertz CT molecular complexity index is 151. The largest absolute Gasteiger partial charge is 0.381 e. The molecule has 0 saturated carbocycles. The molecule has 0 amide bonds. The third-order valence-corrected chi connectivity index (χ3v) is 4.00. The van der Waals surface area contributed by atoms with Crippen molar-refractivity contribution in [3.8, 4) is 0 Å². The Morgan fingerprint density at radius 3 is 2.29 bits per heavy atom. The molecule has 1 fully saturated rings. The van der Waals surface area contributed by atoms with Gasteiger partial charge in [0.2, 0.25) is 0 Å². The maximum Gasteiger partial charge on any atom is 0.0826 e.